The van der Waals surface area contributed by atoms with Crippen LogP contribution < -0.4 is 5.32 Å². The molecule has 0 fully saturated rings. The first-order valence-electron chi connectivity index (χ1n) is 4.79. The van der Waals surface area contributed by atoms with Crippen LogP contribution in [0.1, 0.15) is 5.56 Å². The second kappa shape index (κ2) is 5.75. The van der Waals surface area contributed by atoms with Crippen molar-refractivity contribution in [3.8, 4) is 0 Å². The third-order valence-corrected chi connectivity index (χ3v) is 1.83. The van der Waals surface area contributed by atoms with Gasteiger partial charge in [0.2, 0.25) is 5.91 Å². The van der Waals surface area contributed by atoms with E-state index in [1.54, 1.807) is 7.05 Å². The van der Waals surface area contributed by atoms with Gasteiger partial charge in [0.15, 0.2) is 0 Å². The number of nitro groups is 1. The second-order valence-corrected chi connectivity index (χ2v) is 3.19. The van der Waals surface area contributed by atoms with E-state index in [0.29, 0.717) is 0 Å². The SMILES string of the molecule is Cn1cc(C=CC(=O)NCCO)c([N+](=O)[O-])n1. The highest BCUT2D eigenvalue weighted by atomic mass is 16.6. The normalized spacial score (nSPS) is 10.7. The van der Waals surface area contributed by atoms with E-state index in [9.17, 15) is 14.9 Å². The third-order valence-electron chi connectivity index (χ3n) is 1.83. The second-order valence-electron chi connectivity index (χ2n) is 3.19. The van der Waals surface area contributed by atoms with Gasteiger partial charge in [0.05, 0.1) is 30.5 Å². The number of carbonyl (C=O) groups is 1. The Labute approximate surface area is 96.7 Å². The summed E-state index contributed by atoms with van der Waals surface area (Å²) in [6, 6.07) is 0. The van der Waals surface area contributed by atoms with E-state index in [1.807, 2.05) is 0 Å². The van der Waals surface area contributed by atoms with Crippen LogP contribution in [0.4, 0.5) is 5.82 Å². The molecule has 0 bridgehead atoms. The number of nitrogens with zero attached hydrogens (tertiary/aromatic N) is 3. The van der Waals surface area contributed by atoms with Gasteiger partial charge in [-0.05, 0) is 11.0 Å². The molecule has 2 N–H and O–H groups in total. The van der Waals surface area contributed by atoms with Crippen LogP contribution in [0.25, 0.3) is 6.08 Å². The van der Waals surface area contributed by atoms with Crippen molar-refractivity contribution in [2.24, 2.45) is 7.05 Å². The van der Waals surface area contributed by atoms with Gasteiger partial charge in [-0.1, -0.05) is 0 Å². The highest BCUT2D eigenvalue weighted by Crippen LogP contribution is 2.16. The highest BCUT2D eigenvalue weighted by Gasteiger charge is 2.16. The molecule has 1 rings (SSSR count). The van der Waals surface area contributed by atoms with Crippen molar-refractivity contribution in [1.82, 2.24) is 15.1 Å². The summed E-state index contributed by atoms with van der Waals surface area (Å²) >= 11 is 0. The number of aliphatic hydroxyl groups excluding tert-OH is 1. The van der Waals surface area contributed by atoms with E-state index in [4.69, 9.17) is 5.11 Å². The summed E-state index contributed by atoms with van der Waals surface area (Å²) in [5, 5.41) is 25.1. The lowest BCUT2D eigenvalue weighted by Crippen LogP contribution is -2.24. The summed E-state index contributed by atoms with van der Waals surface area (Å²) in [5.41, 5.74) is 0.247. The Kier molecular flexibility index (Phi) is 4.35. The summed E-state index contributed by atoms with van der Waals surface area (Å²) in [4.78, 5) is 21.2. The predicted molar refractivity (Wildman–Crippen MR) is 59.0 cm³/mol. The minimum atomic E-state index is -0.620. The molecule has 8 nitrogen and oxygen atoms in total. The van der Waals surface area contributed by atoms with Crippen molar-refractivity contribution < 1.29 is 14.8 Å². The molecule has 0 unspecified atom stereocenters. The van der Waals surface area contributed by atoms with Crippen LogP contribution >= 0.6 is 0 Å². The Morgan fingerprint density at radius 3 is 3.06 bits per heavy atom. The highest BCUT2D eigenvalue weighted by molar-refractivity contribution is 5.92. The van der Waals surface area contributed by atoms with E-state index < -0.39 is 10.8 Å². The lowest BCUT2D eigenvalue weighted by molar-refractivity contribution is -0.390. The standard InChI is InChI=1S/C9H12N4O4/c1-12-6-7(9(11-12)13(16)17)2-3-8(15)10-4-5-14/h2-3,6,14H,4-5H2,1H3,(H,10,15). The minimum Gasteiger partial charge on any atom is -0.395 e. The van der Waals surface area contributed by atoms with Crippen LogP contribution in [-0.2, 0) is 11.8 Å². The van der Waals surface area contributed by atoms with Crippen LogP contribution in [0.3, 0.4) is 0 Å². The fraction of sp³-hybridized carbons (Fsp3) is 0.333. The summed E-state index contributed by atoms with van der Waals surface area (Å²) in [7, 11) is 1.55. The molecule has 1 aromatic heterocycles. The maximum Gasteiger partial charge on any atom is 0.397 e. The molecule has 0 saturated heterocycles. The van der Waals surface area contributed by atoms with Crippen LogP contribution in [0.15, 0.2) is 12.3 Å². The molecule has 0 aliphatic heterocycles. The van der Waals surface area contributed by atoms with E-state index in [1.165, 1.54) is 17.0 Å². The van der Waals surface area contributed by atoms with E-state index >= 15 is 0 Å². The van der Waals surface area contributed by atoms with Crippen LogP contribution in [-0.4, -0.2) is 38.9 Å². The number of amides is 1. The van der Waals surface area contributed by atoms with Crippen molar-refractivity contribution in [1.29, 1.82) is 0 Å². The third kappa shape index (κ3) is 3.68. The van der Waals surface area contributed by atoms with Gasteiger partial charge >= 0.3 is 5.82 Å². The fourth-order valence-corrected chi connectivity index (χ4v) is 1.16. The molecular formula is C9H12N4O4. The maximum absolute atomic E-state index is 11.2. The van der Waals surface area contributed by atoms with E-state index in [0.717, 1.165) is 6.08 Å². The van der Waals surface area contributed by atoms with Crippen LogP contribution in [0.2, 0.25) is 0 Å². The molecule has 8 heteroatoms. The number of hydrogen-bond donors (Lipinski definition) is 2. The Morgan fingerprint density at radius 2 is 2.47 bits per heavy atom. The van der Waals surface area contributed by atoms with E-state index in [-0.39, 0.29) is 24.5 Å². The lowest BCUT2D eigenvalue weighted by atomic mass is 10.3. The zero-order chi connectivity index (χ0) is 12.8. The lowest BCUT2D eigenvalue weighted by Gasteiger charge is -1.96. The monoisotopic (exact) mass is 240 g/mol. The average Bonchev–Trinajstić information content (AvgIpc) is 2.65. The summed E-state index contributed by atoms with van der Waals surface area (Å²) in [6.07, 6.45) is 3.89. The van der Waals surface area contributed by atoms with Crippen LogP contribution in [0, 0.1) is 10.1 Å². The van der Waals surface area contributed by atoms with Crippen molar-refractivity contribution in [3.05, 3.63) is 28.0 Å². The first-order valence-corrected chi connectivity index (χ1v) is 4.79. The first-order chi connectivity index (χ1) is 8.04. The Morgan fingerprint density at radius 1 is 1.76 bits per heavy atom. The smallest absolute Gasteiger partial charge is 0.395 e. The number of aliphatic hydroxyl groups is 1. The number of hydrogen-bond acceptors (Lipinski definition) is 5. The van der Waals surface area contributed by atoms with E-state index in [2.05, 4.69) is 10.4 Å². The molecule has 1 aromatic rings. The molecule has 0 saturated carbocycles. The quantitative estimate of drug-likeness (QED) is 0.407. The summed E-state index contributed by atoms with van der Waals surface area (Å²) in [6.45, 7) is -0.0229. The Balaban J connectivity index is 2.77. The molecule has 0 aliphatic rings. The van der Waals surface area contributed by atoms with Gasteiger partial charge in [-0.2, -0.15) is 4.68 Å². The van der Waals surface area contributed by atoms with Crippen molar-refractivity contribution in [2.45, 2.75) is 0 Å². The first kappa shape index (κ1) is 12.8. The summed E-state index contributed by atoms with van der Waals surface area (Å²) < 4.78 is 1.30. The zero-order valence-electron chi connectivity index (χ0n) is 9.16. The molecule has 0 radical (unpaired) electrons. The van der Waals surface area contributed by atoms with Gasteiger partial charge in [0, 0.05) is 12.6 Å². The molecule has 0 atom stereocenters. The van der Waals surface area contributed by atoms with Gasteiger partial charge in [0.1, 0.15) is 0 Å². The van der Waals surface area contributed by atoms with Gasteiger partial charge < -0.3 is 20.5 Å². The van der Waals surface area contributed by atoms with Gasteiger partial charge in [-0.25, -0.2) is 0 Å². The number of carbonyl (C=O) groups excluding carboxylic acids is 1. The number of aryl methyl sites for hydroxylation is 1. The number of nitrogens with one attached hydrogen (secondary N) is 1. The molecule has 0 aromatic carbocycles. The van der Waals surface area contributed by atoms with Crippen molar-refractivity contribution >= 4 is 17.8 Å². The van der Waals surface area contributed by atoms with Gasteiger partial charge in [-0.3, -0.25) is 4.79 Å². The topological polar surface area (TPSA) is 110 Å². The molecule has 0 spiro atoms. The Bertz CT molecular complexity index is 452. The molecule has 0 aliphatic carbocycles. The number of rotatable bonds is 5. The molecule has 1 heterocycles. The molecule has 1 amide bonds. The number of aromatic nitrogens is 2. The largest absolute Gasteiger partial charge is 0.397 e. The van der Waals surface area contributed by atoms with Gasteiger partial charge in [0.25, 0.3) is 0 Å². The summed E-state index contributed by atoms with van der Waals surface area (Å²) in [5.74, 6) is -0.740. The molecule has 17 heavy (non-hydrogen) atoms. The van der Waals surface area contributed by atoms with Crippen LogP contribution in [0.5, 0.6) is 0 Å². The predicted octanol–water partition coefficient (Wildman–Crippen LogP) is -0.550. The van der Waals surface area contributed by atoms with Crippen molar-refractivity contribution in [2.75, 3.05) is 13.2 Å². The zero-order valence-corrected chi connectivity index (χ0v) is 9.16. The fourth-order valence-electron chi connectivity index (χ4n) is 1.16. The van der Waals surface area contributed by atoms with Gasteiger partial charge in [-0.15, -0.1) is 0 Å². The minimum absolute atomic E-state index is 0.137. The molecule has 92 valence electrons. The maximum atomic E-state index is 11.2. The van der Waals surface area contributed by atoms with Crippen molar-refractivity contribution in [3.63, 3.8) is 0 Å². The Hall–Kier alpha value is -2.22. The average molecular weight is 240 g/mol. The molecular weight excluding hydrogens is 228 g/mol.